The van der Waals surface area contributed by atoms with Crippen molar-refractivity contribution in [2.75, 3.05) is 57.1 Å². The Morgan fingerprint density at radius 3 is 2.78 bits per heavy atom. The molecule has 0 radical (unpaired) electrons. The molecule has 3 heterocycles. The summed E-state index contributed by atoms with van der Waals surface area (Å²) in [5.74, 6) is 0.862. The molecule has 0 spiro atoms. The van der Waals surface area contributed by atoms with Crippen molar-refractivity contribution in [2.45, 2.75) is 0 Å². The third-order valence-corrected chi connectivity index (χ3v) is 5.50. The number of fused-ring (bicyclic) bond motifs is 1. The third-order valence-electron chi connectivity index (χ3n) is 5.23. The van der Waals surface area contributed by atoms with Gasteiger partial charge in [0.15, 0.2) is 18.2 Å². The van der Waals surface area contributed by atoms with Gasteiger partial charge in [-0.3, -0.25) is 9.59 Å². The monoisotopic (exact) mass is 457 g/mol. The number of pyridine rings is 1. The van der Waals surface area contributed by atoms with Gasteiger partial charge in [-0.25, -0.2) is 4.98 Å². The molecule has 0 saturated carbocycles. The fourth-order valence-electron chi connectivity index (χ4n) is 3.33. The molecule has 1 fully saturated rings. The molecule has 10 nitrogen and oxygen atoms in total. The summed E-state index contributed by atoms with van der Waals surface area (Å²) in [6.07, 6.45) is 1.59. The fraction of sp³-hybridized carbons (Fsp3) is 0.333. The Morgan fingerprint density at radius 1 is 1.25 bits per heavy atom. The van der Waals surface area contributed by atoms with Gasteiger partial charge in [0.25, 0.3) is 11.5 Å². The van der Waals surface area contributed by atoms with Gasteiger partial charge in [-0.1, -0.05) is 11.6 Å². The Morgan fingerprint density at radius 2 is 2.03 bits per heavy atom. The van der Waals surface area contributed by atoms with E-state index in [1.54, 1.807) is 18.3 Å². The smallest absolute Gasteiger partial charge is 0.290 e. The number of ether oxygens (including phenoxy) is 1. The van der Waals surface area contributed by atoms with Gasteiger partial charge in [0, 0.05) is 49.8 Å². The number of nitrogens with zero attached hydrogens (tertiary/aromatic N) is 4. The van der Waals surface area contributed by atoms with Gasteiger partial charge in [-0.15, -0.1) is 0 Å². The second-order valence-corrected chi connectivity index (χ2v) is 7.92. The number of aromatic nitrogens is 3. The van der Waals surface area contributed by atoms with Crippen LogP contribution in [-0.2, 0) is 4.79 Å². The largest absolute Gasteiger partial charge is 0.478 e. The molecule has 2 aromatic heterocycles. The van der Waals surface area contributed by atoms with E-state index < -0.39 is 5.56 Å². The Labute approximate surface area is 189 Å². The molecular formula is C21H24ClN7O3. The highest BCUT2D eigenvalue weighted by Crippen LogP contribution is 2.27. The van der Waals surface area contributed by atoms with Crippen LogP contribution in [0.1, 0.15) is 0 Å². The number of anilines is 3. The number of hydrogen-bond donors (Lipinski definition) is 3. The summed E-state index contributed by atoms with van der Waals surface area (Å²) in [5, 5.41) is 6.81. The van der Waals surface area contributed by atoms with E-state index >= 15 is 0 Å². The first-order valence-corrected chi connectivity index (χ1v) is 10.5. The van der Waals surface area contributed by atoms with Crippen LogP contribution in [0.2, 0.25) is 5.02 Å². The summed E-state index contributed by atoms with van der Waals surface area (Å²) in [5.41, 5.74) is 0.962. The molecule has 168 valence electrons. The molecule has 3 N–H and O–H groups in total. The van der Waals surface area contributed by atoms with E-state index in [9.17, 15) is 9.59 Å². The van der Waals surface area contributed by atoms with Gasteiger partial charge in [0.2, 0.25) is 5.95 Å². The highest BCUT2D eigenvalue weighted by Gasteiger charge is 2.18. The van der Waals surface area contributed by atoms with E-state index in [0.29, 0.717) is 22.3 Å². The molecule has 0 atom stereocenters. The fourth-order valence-corrected chi connectivity index (χ4v) is 3.47. The van der Waals surface area contributed by atoms with Crippen molar-refractivity contribution in [1.29, 1.82) is 0 Å². The van der Waals surface area contributed by atoms with Crippen LogP contribution in [0.4, 0.5) is 17.5 Å². The lowest BCUT2D eigenvalue weighted by molar-refractivity contribution is -0.122. The zero-order valence-corrected chi connectivity index (χ0v) is 18.6. The minimum absolute atomic E-state index is 0.0654. The molecular weight excluding hydrogens is 434 g/mol. The van der Waals surface area contributed by atoms with Crippen LogP contribution in [-0.4, -0.2) is 72.6 Å². The maximum absolute atomic E-state index is 12.2. The van der Waals surface area contributed by atoms with Crippen molar-refractivity contribution in [3.05, 3.63) is 45.8 Å². The van der Waals surface area contributed by atoms with Gasteiger partial charge in [0.1, 0.15) is 5.02 Å². The Bertz CT molecular complexity index is 1190. The average Bonchev–Trinajstić information content (AvgIpc) is 2.79. The van der Waals surface area contributed by atoms with Gasteiger partial charge in [0.05, 0.1) is 6.20 Å². The van der Waals surface area contributed by atoms with Crippen molar-refractivity contribution in [1.82, 2.24) is 25.2 Å². The van der Waals surface area contributed by atoms with Crippen LogP contribution < -0.4 is 25.8 Å². The number of hydrogen-bond acceptors (Lipinski definition) is 8. The van der Waals surface area contributed by atoms with E-state index in [2.05, 4.69) is 42.4 Å². The molecule has 0 unspecified atom stereocenters. The lowest BCUT2D eigenvalue weighted by atomic mass is 10.2. The number of aromatic amines is 1. The van der Waals surface area contributed by atoms with Gasteiger partial charge in [-0.05, 0) is 31.3 Å². The van der Waals surface area contributed by atoms with E-state index in [4.69, 9.17) is 16.3 Å². The van der Waals surface area contributed by atoms with Crippen molar-refractivity contribution >= 4 is 45.9 Å². The number of carbonyl (C=O) groups is 1. The minimum atomic E-state index is -0.405. The number of amides is 1. The van der Waals surface area contributed by atoms with Crippen LogP contribution >= 0.6 is 11.6 Å². The molecule has 11 heteroatoms. The first kappa shape index (κ1) is 21.8. The number of rotatable bonds is 6. The summed E-state index contributed by atoms with van der Waals surface area (Å²) in [6, 6.07) is 7.03. The number of halogens is 1. The highest BCUT2D eigenvalue weighted by atomic mass is 35.5. The number of likely N-dealkylation sites (N-methyl/N-ethyl adjacent to an activating group) is 2. The zero-order valence-electron chi connectivity index (χ0n) is 17.8. The van der Waals surface area contributed by atoms with Crippen molar-refractivity contribution < 1.29 is 9.53 Å². The number of nitrogens with one attached hydrogen (secondary N) is 3. The number of piperazine rings is 1. The molecule has 3 aromatic rings. The van der Waals surface area contributed by atoms with Gasteiger partial charge < -0.3 is 30.2 Å². The van der Waals surface area contributed by atoms with E-state index in [1.165, 1.54) is 7.05 Å². The molecule has 1 saturated heterocycles. The van der Waals surface area contributed by atoms with Crippen LogP contribution in [0.3, 0.4) is 0 Å². The van der Waals surface area contributed by atoms with E-state index in [1.807, 2.05) is 12.1 Å². The summed E-state index contributed by atoms with van der Waals surface area (Å²) in [4.78, 5) is 39.7. The third kappa shape index (κ3) is 4.92. The molecule has 0 bridgehead atoms. The first-order valence-electron chi connectivity index (χ1n) is 10.2. The van der Waals surface area contributed by atoms with Crippen molar-refractivity contribution in [3.8, 4) is 5.75 Å². The zero-order chi connectivity index (χ0) is 22.7. The summed E-state index contributed by atoms with van der Waals surface area (Å²) in [7, 11) is 3.59. The van der Waals surface area contributed by atoms with Crippen molar-refractivity contribution in [2.24, 2.45) is 0 Å². The van der Waals surface area contributed by atoms with Gasteiger partial charge in [-0.2, -0.15) is 4.98 Å². The van der Waals surface area contributed by atoms with Crippen LogP contribution in [0, 0.1) is 0 Å². The quantitative estimate of drug-likeness (QED) is 0.511. The van der Waals surface area contributed by atoms with E-state index in [0.717, 1.165) is 37.3 Å². The van der Waals surface area contributed by atoms with Crippen LogP contribution in [0.25, 0.3) is 10.9 Å². The predicted octanol–water partition coefficient (Wildman–Crippen LogP) is 1.59. The Kier molecular flexibility index (Phi) is 6.42. The second-order valence-electron chi connectivity index (χ2n) is 7.51. The normalized spacial score (nSPS) is 14.4. The highest BCUT2D eigenvalue weighted by molar-refractivity contribution is 6.32. The molecule has 0 aliphatic carbocycles. The Hall–Kier alpha value is -3.37. The minimum Gasteiger partial charge on any atom is -0.478 e. The molecule has 1 aliphatic rings. The topological polar surface area (TPSA) is 115 Å². The van der Waals surface area contributed by atoms with Crippen LogP contribution in [0.15, 0.2) is 35.3 Å². The lowest BCUT2D eigenvalue weighted by Crippen LogP contribution is -2.45. The molecule has 4 rings (SSSR count). The van der Waals surface area contributed by atoms with Gasteiger partial charge >= 0.3 is 0 Å². The standard InChI is InChI=1S/C21H24ClN7O3/c1-23-18(30)12-32-17-10-13-9-14(3-4-16(13)26-20(17)31)25-19-15(22)11-24-21(27-19)29-7-5-28(2)6-8-29/h3-4,9-11H,5-8,12H2,1-2H3,(H,23,30)(H,26,31)(H,24,25,27). The molecule has 1 aliphatic heterocycles. The second kappa shape index (κ2) is 9.41. The predicted molar refractivity (Wildman–Crippen MR) is 124 cm³/mol. The Balaban J connectivity index is 1.57. The molecule has 32 heavy (non-hydrogen) atoms. The lowest BCUT2D eigenvalue weighted by Gasteiger charge is -2.32. The molecule has 1 aromatic carbocycles. The van der Waals surface area contributed by atoms with E-state index in [-0.39, 0.29) is 18.3 Å². The summed E-state index contributed by atoms with van der Waals surface area (Å²) in [6.45, 7) is 3.35. The molecule has 1 amide bonds. The number of benzene rings is 1. The average molecular weight is 458 g/mol. The summed E-state index contributed by atoms with van der Waals surface area (Å²) < 4.78 is 5.34. The number of carbonyl (C=O) groups excluding carboxylic acids is 1. The first-order chi connectivity index (χ1) is 15.4. The SMILES string of the molecule is CNC(=O)COc1cc2cc(Nc3nc(N4CCN(C)CC4)ncc3Cl)ccc2[nH]c1=O. The number of H-pyrrole nitrogens is 1. The summed E-state index contributed by atoms with van der Waals surface area (Å²) >= 11 is 6.34. The maximum Gasteiger partial charge on any atom is 0.290 e. The maximum atomic E-state index is 12.2. The van der Waals surface area contributed by atoms with Crippen LogP contribution in [0.5, 0.6) is 5.75 Å². The van der Waals surface area contributed by atoms with Crippen molar-refractivity contribution in [3.63, 3.8) is 0 Å².